The SMILES string of the molecule is O=C(NCc1ccc(Cl)cc1)N1CCCc2c1cnn2-c1ccc(F)cc1. The standard InChI is InChI=1S/C20H18ClFN4O/c21-15-5-3-14(4-6-15)12-23-20(27)25-11-1-2-18-19(25)13-24-26(18)17-9-7-16(22)8-10-17/h3-10,13H,1-2,11-12H2,(H,23,27). The quantitative estimate of drug-likeness (QED) is 0.730. The van der Waals surface area contributed by atoms with Crippen molar-refractivity contribution < 1.29 is 9.18 Å². The number of urea groups is 1. The van der Waals surface area contributed by atoms with Crippen LogP contribution in [0.3, 0.4) is 0 Å². The van der Waals surface area contributed by atoms with Gasteiger partial charge in [0.1, 0.15) is 5.82 Å². The van der Waals surface area contributed by atoms with Crippen LogP contribution in [0.4, 0.5) is 14.9 Å². The van der Waals surface area contributed by atoms with Gasteiger partial charge < -0.3 is 5.32 Å². The smallest absolute Gasteiger partial charge is 0.322 e. The average molecular weight is 385 g/mol. The molecule has 0 atom stereocenters. The average Bonchev–Trinajstić information content (AvgIpc) is 3.12. The molecule has 2 aromatic carbocycles. The first-order valence-electron chi connectivity index (χ1n) is 8.74. The van der Waals surface area contributed by atoms with Crippen LogP contribution in [-0.2, 0) is 13.0 Å². The predicted molar refractivity (Wildman–Crippen MR) is 103 cm³/mol. The van der Waals surface area contributed by atoms with Crippen LogP contribution < -0.4 is 10.2 Å². The topological polar surface area (TPSA) is 50.2 Å². The minimum Gasteiger partial charge on any atom is -0.334 e. The maximum absolute atomic E-state index is 13.2. The summed E-state index contributed by atoms with van der Waals surface area (Å²) in [6, 6.07) is 13.4. The monoisotopic (exact) mass is 384 g/mol. The van der Waals surface area contributed by atoms with Crippen molar-refractivity contribution in [2.24, 2.45) is 0 Å². The van der Waals surface area contributed by atoms with Crippen LogP contribution in [0.1, 0.15) is 17.7 Å². The first kappa shape index (κ1) is 17.5. The van der Waals surface area contributed by atoms with E-state index in [4.69, 9.17) is 11.6 Å². The number of fused-ring (bicyclic) bond motifs is 1. The van der Waals surface area contributed by atoms with E-state index in [0.29, 0.717) is 18.1 Å². The fourth-order valence-corrected chi connectivity index (χ4v) is 3.37. The zero-order valence-electron chi connectivity index (χ0n) is 14.5. The Morgan fingerprint density at radius 2 is 1.89 bits per heavy atom. The van der Waals surface area contributed by atoms with Gasteiger partial charge in [0.2, 0.25) is 0 Å². The molecule has 0 fully saturated rings. The van der Waals surface area contributed by atoms with E-state index in [1.54, 1.807) is 40.0 Å². The molecule has 138 valence electrons. The van der Waals surface area contributed by atoms with Gasteiger partial charge in [-0.3, -0.25) is 4.90 Å². The molecule has 27 heavy (non-hydrogen) atoms. The number of benzene rings is 2. The van der Waals surface area contributed by atoms with E-state index in [1.807, 2.05) is 12.1 Å². The van der Waals surface area contributed by atoms with Crippen LogP contribution >= 0.6 is 11.6 Å². The summed E-state index contributed by atoms with van der Waals surface area (Å²) in [5.74, 6) is -0.289. The van der Waals surface area contributed by atoms with Crippen molar-refractivity contribution in [3.05, 3.63) is 76.8 Å². The lowest BCUT2D eigenvalue weighted by molar-refractivity contribution is 0.245. The molecule has 7 heteroatoms. The fraction of sp³-hybridized carbons (Fsp3) is 0.200. The Balaban J connectivity index is 1.52. The van der Waals surface area contributed by atoms with Crippen molar-refractivity contribution in [3.63, 3.8) is 0 Å². The Labute approximate surface area is 161 Å². The Bertz CT molecular complexity index is 953. The molecule has 0 unspecified atom stereocenters. The lowest BCUT2D eigenvalue weighted by Gasteiger charge is -2.27. The third-order valence-electron chi connectivity index (χ3n) is 4.61. The van der Waals surface area contributed by atoms with Crippen molar-refractivity contribution >= 4 is 23.3 Å². The number of hydrogen-bond acceptors (Lipinski definition) is 2. The molecule has 5 nitrogen and oxygen atoms in total. The molecule has 1 aromatic heterocycles. The third-order valence-corrected chi connectivity index (χ3v) is 4.86. The van der Waals surface area contributed by atoms with Crippen molar-refractivity contribution in [3.8, 4) is 5.69 Å². The van der Waals surface area contributed by atoms with E-state index >= 15 is 0 Å². The number of rotatable bonds is 3. The Hall–Kier alpha value is -2.86. The summed E-state index contributed by atoms with van der Waals surface area (Å²) in [5, 5.41) is 8.02. The second-order valence-electron chi connectivity index (χ2n) is 6.41. The number of nitrogens with zero attached hydrogens (tertiary/aromatic N) is 3. The highest BCUT2D eigenvalue weighted by molar-refractivity contribution is 6.30. The van der Waals surface area contributed by atoms with E-state index in [2.05, 4.69) is 10.4 Å². The van der Waals surface area contributed by atoms with Crippen LogP contribution in [0.5, 0.6) is 0 Å². The summed E-state index contributed by atoms with van der Waals surface area (Å²) in [7, 11) is 0. The van der Waals surface area contributed by atoms with Gasteiger partial charge in [0.15, 0.2) is 0 Å². The van der Waals surface area contributed by atoms with Gasteiger partial charge in [-0.2, -0.15) is 5.10 Å². The summed E-state index contributed by atoms with van der Waals surface area (Å²) in [6.07, 6.45) is 3.35. The molecular formula is C20H18ClFN4O. The minimum atomic E-state index is -0.289. The Morgan fingerprint density at radius 3 is 2.63 bits per heavy atom. The number of anilines is 1. The third kappa shape index (κ3) is 3.66. The van der Waals surface area contributed by atoms with Gasteiger partial charge in [-0.25, -0.2) is 13.9 Å². The van der Waals surface area contributed by atoms with Crippen LogP contribution in [0, 0.1) is 5.82 Å². The highest BCUT2D eigenvalue weighted by Gasteiger charge is 2.26. The maximum atomic E-state index is 13.2. The van der Waals surface area contributed by atoms with Crippen molar-refractivity contribution in [2.45, 2.75) is 19.4 Å². The van der Waals surface area contributed by atoms with Crippen LogP contribution in [0.15, 0.2) is 54.7 Å². The Morgan fingerprint density at radius 1 is 1.15 bits per heavy atom. The molecule has 1 N–H and O–H groups in total. The summed E-state index contributed by atoms with van der Waals surface area (Å²) < 4.78 is 15.0. The largest absolute Gasteiger partial charge is 0.334 e. The van der Waals surface area contributed by atoms with Gasteiger partial charge in [0.25, 0.3) is 0 Å². The second kappa shape index (κ2) is 7.40. The predicted octanol–water partition coefficient (Wildman–Crippen LogP) is 4.33. The molecule has 1 aliphatic rings. The minimum absolute atomic E-state index is 0.162. The zero-order valence-corrected chi connectivity index (χ0v) is 15.3. The van der Waals surface area contributed by atoms with Crippen LogP contribution in [-0.4, -0.2) is 22.4 Å². The number of halogens is 2. The van der Waals surface area contributed by atoms with Crippen molar-refractivity contribution in [1.29, 1.82) is 0 Å². The molecule has 0 radical (unpaired) electrons. The molecule has 1 aliphatic heterocycles. The molecule has 3 aromatic rings. The molecule has 0 saturated carbocycles. The molecule has 2 amide bonds. The fourth-order valence-electron chi connectivity index (χ4n) is 3.24. The Kier molecular flexibility index (Phi) is 4.81. The number of carbonyl (C=O) groups excluding carboxylic acids is 1. The lowest BCUT2D eigenvalue weighted by Crippen LogP contribution is -2.42. The van der Waals surface area contributed by atoms with E-state index in [1.165, 1.54) is 12.1 Å². The zero-order chi connectivity index (χ0) is 18.8. The number of amides is 2. The number of aromatic nitrogens is 2. The summed E-state index contributed by atoms with van der Waals surface area (Å²) in [6.45, 7) is 1.06. The summed E-state index contributed by atoms with van der Waals surface area (Å²) in [5.41, 5.74) is 3.50. The first-order valence-corrected chi connectivity index (χ1v) is 9.12. The molecule has 0 spiro atoms. The van der Waals surface area contributed by atoms with E-state index in [0.717, 1.165) is 35.5 Å². The molecule has 0 bridgehead atoms. The molecule has 2 heterocycles. The van der Waals surface area contributed by atoms with Gasteiger partial charge in [-0.15, -0.1) is 0 Å². The van der Waals surface area contributed by atoms with Gasteiger partial charge in [0.05, 0.1) is 23.3 Å². The van der Waals surface area contributed by atoms with E-state index in [-0.39, 0.29) is 11.8 Å². The normalized spacial score (nSPS) is 13.3. The highest BCUT2D eigenvalue weighted by Crippen LogP contribution is 2.29. The molecule has 0 saturated heterocycles. The van der Waals surface area contributed by atoms with Crippen molar-refractivity contribution in [1.82, 2.24) is 15.1 Å². The van der Waals surface area contributed by atoms with Gasteiger partial charge >= 0.3 is 6.03 Å². The van der Waals surface area contributed by atoms with Crippen molar-refractivity contribution in [2.75, 3.05) is 11.4 Å². The second-order valence-corrected chi connectivity index (χ2v) is 6.84. The first-order chi connectivity index (χ1) is 13.1. The van der Waals surface area contributed by atoms with Gasteiger partial charge in [-0.05, 0) is 54.8 Å². The highest BCUT2D eigenvalue weighted by atomic mass is 35.5. The maximum Gasteiger partial charge on any atom is 0.322 e. The number of hydrogen-bond donors (Lipinski definition) is 1. The van der Waals surface area contributed by atoms with Gasteiger partial charge in [-0.1, -0.05) is 23.7 Å². The van der Waals surface area contributed by atoms with Crippen LogP contribution in [0.25, 0.3) is 5.69 Å². The van der Waals surface area contributed by atoms with Crippen LogP contribution in [0.2, 0.25) is 5.02 Å². The molecule has 4 rings (SSSR count). The van der Waals surface area contributed by atoms with Gasteiger partial charge in [0, 0.05) is 18.1 Å². The summed E-state index contributed by atoms with van der Waals surface area (Å²) in [4.78, 5) is 14.4. The summed E-state index contributed by atoms with van der Waals surface area (Å²) >= 11 is 5.89. The number of nitrogens with one attached hydrogen (secondary N) is 1. The van der Waals surface area contributed by atoms with E-state index < -0.39 is 0 Å². The number of carbonyl (C=O) groups is 1. The lowest BCUT2D eigenvalue weighted by atomic mass is 10.1. The molecule has 0 aliphatic carbocycles. The van der Waals surface area contributed by atoms with E-state index in [9.17, 15) is 9.18 Å². The molecular weight excluding hydrogens is 367 g/mol.